The fourth-order valence-electron chi connectivity index (χ4n) is 3.99. The van der Waals surface area contributed by atoms with Gasteiger partial charge in [0.15, 0.2) is 0 Å². The van der Waals surface area contributed by atoms with Crippen LogP contribution < -0.4 is 5.62 Å². The maximum absolute atomic E-state index is 13.4. The number of halogens is 1. The summed E-state index contributed by atoms with van der Waals surface area (Å²) in [6.45, 7) is 1.97. The van der Waals surface area contributed by atoms with Crippen LogP contribution in [-0.4, -0.2) is 14.1 Å². The van der Waals surface area contributed by atoms with Crippen molar-refractivity contribution in [2.75, 3.05) is 0 Å². The lowest BCUT2D eigenvalue weighted by molar-refractivity contribution is 0.628. The molecule has 1 N–H and O–H groups in total. The molecule has 0 atom stereocenters. The number of hydrogen-bond donors (Lipinski definition) is 1. The first-order chi connectivity index (χ1) is 15.0. The Kier molecular flexibility index (Phi) is 4.19. The fraction of sp³-hybridized carbons (Fsp3) is 0.0800. The summed E-state index contributed by atoms with van der Waals surface area (Å²) in [6.07, 6.45) is 1.77. The molecule has 0 aliphatic heterocycles. The summed E-state index contributed by atoms with van der Waals surface area (Å²) >= 11 is 0. The number of aromatic nitrogens is 3. The van der Waals surface area contributed by atoms with Crippen molar-refractivity contribution in [1.82, 2.24) is 14.1 Å². The quantitative estimate of drug-likeness (QED) is 0.448. The Balaban J connectivity index is 1.89. The molecule has 150 valence electrons. The van der Waals surface area contributed by atoms with Crippen LogP contribution in [0.15, 0.2) is 66.9 Å². The molecular weight excluding hydrogens is 389 g/mol. The number of rotatable bonds is 2. The largest absolute Gasteiger partial charge is 0.312 e. The molecule has 2 aromatic heterocycles. The van der Waals surface area contributed by atoms with Crippen molar-refractivity contribution in [3.8, 4) is 22.9 Å². The Labute approximate surface area is 177 Å². The molecule has 0 aliphatic rings. The van der Waals surface area contributed by atoms with E-state index in [1.165, 1.54) is 12.1 Å². The number of nitrogens with zero attached hydrogens (tertiary/aromatic N) is 4. The van der Waals surface area contributed by atoms with Crippen LogP contribution in [0.25, 0.3) is 38.8 Å². The van der Waals surface area contributed by atoms with Crippen molar-refractivity contribution < 1.29 is 4.39 Å². The minimum atomic E-state index is -0.277. The first kappa shape index (κ1) is 18.8. The van der Waals surface area contributed by atoms with Crippen LogP contribution in [0, 0.1) is 29.5 Å². The molecule has 0 unspecified atom stereocenters. The summed E-state index contributed by atoms with van der Waals surface area (Å²) in [5, 5.41) is 19.1. The van der Waals surface area contributed by atoms with Crippen molar-refractivity contribution in [3.05, 3.63) is 89.4 Å². The number of pyridine rings is 1. The second kappa shape index (κ2) is 6.92. The van der Waals surface area contributed by atoms with Crippen molar-refractivity contribution in [3.63, 3.8) is 0 Å². The van der Waals surface area contributed by atoms with Gasteiger partial charge >= 0.3 is 0 Å². The van der Waals surface area contributed by atoms with Crippen LogP contribution in [0.5, 0.6) is 0 Å². The molecule has 0 saturated carbocycles. The fourth-order valence-corrected chi connectivity index (χ4v) is 3.99. The standard InChI is InChI=1S/C25H18FN5/c1-15-3-4-16(13-27)11-22(15)31-24-20-12-18(17-5-8-19(26)9-6-17)7-10-21(20)29-14-23(24)30(2)25(31)28/h3-12,14,28H,1-2H3. The van der Waals surface area contributed by atoms with Crippen LogP contribution in [0.2, 0.25) is 0 Å². The van der Waals surface area contributed by atoms with Crippen LogP contribution >= 0.6 is 0 Å². The summed E-state index contributed by atoms with van der Waals surface area (Å²) in [6, 6.07) is 20.0. The Morgan fingerprint density at radius 3 is 2.48 bits per heavy atom. The zero-order chi connectivity index (χ0) is 21.7. The van der Waals surface area contributed by atoms with Crippen LogP contribution in [0.3, 0.4) is 0 Å². The maximum atomic E-state index is 13.4. The normalized spacial score (nSPS) is 11.2. The van der Waals surface area contributed by atoms with Crippen molar-refractivity contribution >= 4 is 21.9 Å². The summed E-state index contributed by atoms with van der Waals surface area (Å²) in [5.74, 6) is -0.277. The molecule has 0 amide bonds. The van der Waals surface area contributed by atoms with Crippen molar-refractivity contribution in [2.24, 2.45) is 7.05 Å². The van der Waals surface area contributed by atoms with Gasteiger partial charge in [0.05, 0.1) is 40.1 Å². The van der Waals surface area contributed by atoms with Crippen LogP contribution in [0.1, 0.15) is 11.1 Å². The molecule has 0 bridgehead atoms. The monoisotopic (exact) mass is 407 g/mol. The Hall–Kier alpha value is -4.24. The molecule has 0 fully saturated rings. The topological polar surface area (TPSA) is 70.4 Å². The van der Waals surface area contributed by atoms with Gasteiger partial charge in [0.2, 0.25) is 5.62 Å². The smallest absolute Gasteiger partial charge is 0.207 e. The second-order valence-corrected chi connectivity index (χ2v) is 7.56. The molecule has 0 saturated heterocycles. The Bertz CT molecular complexity index is 1580. The summed E-state index contributed by atoms with van der Waals surface area (Å²) in [4.78, 5) is 4.59. The third-order valence-corrected chi connectivity index (χ3v) is 5.69. The highest BCUT2D eigenvalue weighted by atomic mass is 19.1. The Morgan fingerprint density at radius 1 is 1.00 bits per heavy atom. The average Bonchev–Trinajstić information content (AvgIpc) is 3.05. The molecule has 0 spiro atoms. The molecule has 0 radical (unpaired) electrons. The highest BCUT2D eigenvalue weighted by Crippen LogP contribution is 2.30. The molecule has 3 aromatic carbocycles. The van der Waals surface area contributed by atoms with Gasteiger partial charge in [-0.3, -0.25) is 15.0 Å². The van der Waals surface area contributed by atoms with Gasteiger partial charge in [-0.15, -0.1) is 0 Å². The number of fused-ring (bicyclic) bond motifs is 3. The number of hydrogen-bond acceptors (Lipinski definition) is 3. The lowest BCUT2D eigenvalue weighted by Crippen LogP contribution is -2.21. The SMILES string of the molecule is Cc1ccc(C#N)cc1-n1c(=N)n(C)c2cnc3ccc(-c4ccc(F)cc4)cc3c21. The van der Waals surface area contributed by atoms with Gasteiger partial charge in [-0.1, -0.05) is 24.3 Å². The van der Waals surface area contributed by atoms with E-state index >= 15 is 0 Å². The van der Waals surface area contributed by atoms with E-state index in [0.717, 1.165) is 44.3 Å². The molecular formula is C25H18FN5. The van der Waals surface area contributed by atoms with Crippen molar-refractivity contribution in [1.29, 1.82) is 10.7 Å². The van der Waals surface area contributed by atoms with E-state index in [9.17, 15) is 9.65 Å². The number of nitrogens with one attached hydrogen (secondary N) is 1. The molecule has 5 nitrogen and oxygen atoms in total. The minimum Gasteiger partial charge on any atom is -0.312 e. The first-order valence-corrected chi connectivity index (χ1v) is 9.80. The van der Waals surface area contributed by atoms with E-state index < -0.39 is 0 Å². The number of aryl methyl sites for hydroxylation is 2. The zero-order valence-electron chi connectivity index (χ0n) is 17.0. The lowest BCUT2D eigenvalue weighted by atomic mass is 10.0. The Morgan fingerprint density at radius 2 is 1.74 bits per heavy atom. The second-order valence-electron chi connectivity index (χ2n) is 7.56. The van der Waals surface area contributed by atoms with E-state index in [1.54, 1.807) is 29.0 Å². The predicted molar refractivity (Wildman–Crippen MR) is 118 cm³/mol. The first-order valence-electron chi connectivity index (χ1n) is 9.80. The highest BCUT2D eigenvalue weighted by molar-refractivity contribution is 6.04. The van der Waals surface area contributed by atoms with Gasteiger partial charge in [-0.25, -0.2) is 4.39 Å². The lowest BCUT2D eigenvalue weighted by Gasteiger charge is -2.11. The zero-order valence-corrected chi connectivity index (χ0v) is 17.0. The van der Waals surface area contributed by atoms with Gasteiger partial charge in [0.1, 0.15) is 5.82 Å². The molecule has 0 aliphatic carbocycles. The van der Waals surface area contributed by atoms with Gasteiger partial charge in [0, 0.05) is 12.4 Å². The van der Waals surface area contributed by atoms with Gasteiger partial charge in [0.25, 0.3) is 0 Å². The van der Waals surface area contributed by atoms with Gasteiger partial charge in [-0.05, 0) is 60.0 Å². The maximum Gasteiger partial charge on any atom is 0.207 e. The van der Waals surface area contributed by atoms with Gasteiger partial charge in [-0.2, -0.15) is 5.26 Å². The highest BCUT2D eigenvalue weighted by Gasteiger charge is 2.16. The number of benzene rings is 3. The molecule has 2 heterocycles. The molecule has 6 heteroatoms. The van der Waals surface area contributed by atoms with E-state index in [-0.39, 0.29) is 11.4 Å². The van der Waals surface area contributed by atoms with Crippen molar-refractivity contribution in [2.45, 2.75) is 6.92 Å². The van der Waals surface area contributed by atoms with Crippen LogP contribution in [0.4, 0.5) is 4.39 Å². The van der Waals surface area contributed by atoms with Gasteiger partial charge < -0.3 is 4.57 Å². The predicted octanol–water partition coefficient (Wildman–Crippen LogP) is 4.98. The average molecular weight is 407 g/mol. The summed E-state index contributed by atoms with van der Waals surface area (Å²) in [7, 11) is 1.84. The summed E-state index contributed by atoms with van der Waals surface area (Å²) in [5.41, 5.74) is 6.87. The molecule has 31 heavy (non-hydrogen) atoms. The van der Waals surface area contributed by atoms with E-state index in [0.29, 0.717) is 5.56 Å². The molecule has 5 aromatic rings. The minimum absolute atomic E-state index is 0.277. The van der Waals surface area contributed by atoms with E-state index in [1.807, 2.05) is 48.9 Å². The molecule has 5 rings (SSSR count). The third kappa shape index (κ3) is 2.90. The van der Waals surface area contributed by atoms with E-state index in [4.69, 9.17) is 5.41 Å². The number of imidazole rings is 1. The number of nitriles is 1. The summed E-state index contributed by atoms with van der Waals surface area (Å²) < 4.78 is 17.0. The van der Waals surface area contributed by atoms with E-state index in [2.05, 4.69) is 11.1 Å². The third-order valence-electron chi connectivity index (χ3n) is 5.69. The van der Waals surface area contributed by atoms with Crippen LogP contribution in [-0.2, 0) is 7.05 Å².